The Morgan fingerprint density at radius 2 is 1.70 bits per heavy atom. The maximum atomic E-state index is 14.4. The smallest absolute Gasteiger partial charge is 0.406 e. The summed E-state index contributed by atoms with van der Waals surface area (Å²) < 4.78 is 71.2. The van der Waals surface area contributed by atoms with Crippen molar-refractivity contribution in [2.24, 2.45) is 10.2 Å². The van der Waals surface area contributed by atoms with Gasteiger partial charge in [0.2, 0.25) is 0 Å². The van der Waals surface area contributed by atoms with Crippen molar-refractivity contribution in [1.29, 1.82) is 0 Å². The number of rotatable bonds is 6. The number of thioether (sulfide) groups is 1. The highest BCUT2D eigenvalue weighted by atomic mass is 32.2. The normalized spacial score (nSPS) is 18.7. The second kappa shape index (κ2) is 10.7. The maximum Gasteiger partial charge on any atom is 0.573 e. The molecule has 0 spiro atoms. The number of amidine groups is 1. The van der Waals surface area contributed by atoms with Gasteiger partial charge in [0.1, 0.15) is 29.4 Å². The molecule has 0 amide bonds. The van der Waals surface area contributed by atoms with Crippen molar-refractivity contribution >= 4 is 28.8 Å². The summed E-state index contributed by atoms with van der Waals surface area (Å²) in [6, 6.07) is 15.6. The molecule has 1 aliphatic heterocycles. The summed E-state index contributed by atoms with van der Waals surface area (Å²) in [7, 11) is 0. The SMILES string of the molecule is CC1(O)CS/C(=N\N=C\c2ccc(-c3ncn(-c4ccc(OC(F)(F)F)cc4)n3)cc2)N1c1c(F)cccc1F. The number of aromatic nitrogens is 3. The zero-order chi connectivity index (χ0) is 28.5. The molecular formula is C26H19F5N6O2S. The molecular weight excluding hydrogens is 555 g/mol. The van der Waals surface area contributed by atoms with Crippen LogP contribution in [0.25, 0.3) is 17.1 Å². The average molecular weight is 575 g/mol. The fourth-order valence-corrected chi connectivity index (χ4v) is 4.89. The van der Waals surface area contributed by atoms with E-state index >= 15 is 0 Å². The molecule has 40 heavy (non-hydrogen) atoms. The van der Waals surface area contributed by atoms with E-state index in [-0.39, 0.29) is 16.7 Å². The highest BCUT2D eigenvalue weighted by Gasteiger charge is 2.43. The van der Waals surface area contributed by atoms with E-state index in [0.29, 0.717) is 22.6 Å². The third-order valence-electron chi connectivity index (χ3n) is 5.65. The molecule has 0 radical (unpaired) electrons. The Bertz CT molecular complexity index is 1550. The van der Waals surface area contributed by atoms with Crippen LogP contribution in [0.3, 0.4) is 0 Å². The largest absolute Gasteiger partial charge is 0.573 e. The number of alkyl halides is 3. The summed E-state index contributed by atoms with van der Waals surface area (Å²) in [6.45, 7) is 1.43. The molecule has 1 N–H and O–H groups in total. The molecule has 8 nitrogen and oxygen atoms in total. The molecule has 1 atom stereocenters. The number of anilines is 1. The van der Waals surface area contributed by atoms with Gasteiger partial charge in [0, 0.05) is 11.3 Å². The van der Waals surface area contributed by atoms with Crippen LogP contribution < -0.4 is 9.64 Å². The van der Waals surface area contributed by atoms with E-state index < -0.39 is 29.4 Å². The highest BCUT2D eigenvalue weighted by Crippen LogP contribution is 2.38. The van der Waals surface area contributed by atoms with Crippen molar-refractivity contribution in [2.75, 3.05) is 10.7 Å². The first kappa shape index (κ1) is 27.3. The molecule has 1 fully saturated rings. The van der Waals surface area contributed by atoms with Crippen LogP contribution >= 0.6 is 11.8 Å². The van der Waals surface area contributed by atoms with Gasteiger partial charge in [0.25, 0.3) is 0 Å². The average Bonchev–Trinajstić information content (AvgIpc) is 3.49. The molecule has 0 saturated carbocycles. The van der Waals surface area contributed by atoms with E-state index in [9.17, 15) is 27.1 Å². The van der Waals surface area contributed by atoms with Crippen LogP contribution in [0, 0.1) is 11.6 Å². The first-order valence-electron chi connectivity index (χ1n) is 11.6. The van der Waals surface area contributed by atoms with E-state index in [2.05, 4.69) is 25.0 Å². The zero-order valence-corrected chi connectivity index (χ0v) is 21.4. The van der Waals surface area contributed by atoms with E-state index in [1.54, 1.807) is 24.3 Å². The summed E-state index contributed by atoms with van der Waals surface area (Å²) in [4.78, 5) is 5.33. The molecule has 2 heterocycles. The van der Waals surface area contributed by atoms with Gasteiger partial charge in [-0.1, -0.05) is 42.1 Å². The second-order valence-corrected chi connectivity index (χ2v) is 9.66. The first-order chi connectivity index (χ1) is 19.0. The highest BCUT2D eigenvalue weighted by molar-refractivity contribution is 8.14. The molecule has 5 rings (SSSR count). The number of aliphatic hydroxyl groups is 1. The number of para-hydroxylation sites is 1. The van der Waals surface area contributed by atoms with Crippen LogP contribution in [0.2, 0.25) is 0 Å². The van der Waals surface area contributed by atoms with E-state index in [1.807, 2.05) is 0 Å². The predicted octanol–water partition coefficient (Wildman–Crippen LogP) is 5.76. The quantitative estimate of drug-likeness (QED) is 0.179. The molecule has 0 aliphatic carbocycles. The van der Waals surface area contributed by atoms with Gasteiger partial charge in [-0.2, -0.15) is 5.10 Å². The van der Waals surface area contributed by atoms with E-state index in [4.69, 9.17) is 0 Å². The minimum Gasteiger partial charge on any atom is -0.406 e. The molecule has 4 aromatic rings. The summed E-state index contributed by atoms with van der Waals surface area (Å²) in [6.07, 6.45) is -1.90. The van der Waals surface area contributed by atoms with Gasteiger partial charge < -0.3 is 9.84 Å². The Morgan fingerprint density at radius 3 is 2.35 bits per heavy atom. The van der Waals surface area contributed by atoms with Crippen molar-refractivity contribution in [1.82, 2.24) is 14.8 Å². The van der Waals surface area contributed by atoms with Crippen LogP contribution in [0.4, 0.5) is 27.6 Å². The number of hydrogen-bond acceptors (Lipinski definition) is 7. The minimum atomic E-state index is -4.77. The van der Waals surface area contributed by atoms with Gasteiger partial charge >= 0.3 is 6.36 Å². The predicted molar refractivity (Wildman–Crippen MR) is 140 cm³/mol. The lowest BCUT2D eigenvalue weighted by Crippen LogP contribution is -2.46. The third kappa shape index (κ3) is 5.97. The second-order valence-electron chi connectivity index (χ2n) is 8.71. The molecule has 14 heteroatoms. The van der Waals surface area contributed by atoms with Crippen LogP contribution in [0.5, 0.6) is 5.75 Å². The van der Waals surface area contributed by atoms with Gasteiger partial charge in [-0.25, -0.2) is 18.4 Å². The Balaban J connectivity index is 1.29. The monoisotopic (exact) mass is 574 g/mol. The van der Waals surface area contributed by atoms with Crippen molar-refractivity contribution in [2.45, 2.75) is 19.0 Å². The molecule has 1 unspecified atom stereocenters. The van der Waals surface area contributed by atoms with Crippen LogP contribution in [-0.2, 0) is 0 Å². The third-order valence-corrected chi connectivity index (χ3v) is 6.87. The van der Waals surface area contributed by atoms with Gasteiger partial charge in [-0.05, 0) is 48.9 Å². The maximum absolute atomic E-state index is 14.4. The summed E-state index contributed by atoms with van der Waals surface area (Å²) in [5, 5.41) is 23.3. The lowest BCUT2D eigenvalue weighted by molar-refractivity contribution is -0.274. The van der Waals surface area contributed by atoms with Crippen molar-refractivity contribution in [3.8, 4) is 22.8 Å². The number of nitrogens with zero attached hydrogens (tertiary/aromatic N) is 6. The number of halogens is 5. The number of benzene rings is 3. The molecule has 1 aromatic heterocycles. The lowest BCUT2D eigenvalue weighted by Gasteiger charge is -2.30. The molecule has 1 aliphatic rings. The fraction of sp³-hybridized carbons (Fsp3) is 0.154. The van der Waals surface area contributed by atoms with Crippen LogP contribution in [-0.4, -0.2) is 49.1 Å². The van der Waals surface area contributed by atoms with Gasteiger partial charge in [-0.3, -0.25) is 4.90 Å². The molecule has 1 saturated heterocycles. The molecule has 3 aromatic carbocycles. The molecule has 206 valence electrons. The van der Waals surface area contributed by atoms with Crippen LogP contribution in [0.1, 0.15) is 12.5 Å². The zero-order valence-electron chi connectivity index (χ0n) is 20.5. The minimum absolute atomic E-state index is 0.134. The standard InChI is InChI=1S/C26H19F5N6O2S/c1-25(38)14-40-24(37(25)22-20(27)3-2-4-21(22)28)34-33-13-16-5-7-17(8-6-16)23-32-15-36(35-23)18-9-11-19(12-10-18)39-26(29,30)31/h2-13,15,38H,14H2,1H3/b33-13+,34-24-. The Labute approximate surface area is 228 Å². The summed E-state index contributed by atoms with van der Waals surface area (Å²) in [5.41, 5.74) is -0.162. The summed E-state index contributed by atoms with van der Waals surface area (Å²) in [5.74, 6) is -1.50. The van der Waals surface area contributed by atoms with Crippen molar-refractivity contribution in [3.05, 3.63) is 90.3 Å². The topological polar surface area (TPSA) is 88.1 Å². The van der Waals surface area contributed by atoms with E-state index in [1.165, 1.54) is 54.5 Å². The first-order valence-corrected chi connectivity index (χ1v) is 12.6. The van der Waals surface area contributed by atoms with Gasteiger partial charge in [0.15, 0.2) is 16.7 Å². The van der Waals surface area contributed by atoms with Gasteiger partial charge in [0.05, 0.1) is 11.9 Å². The molecule has 0 bridgehead atoms. The van der Waals surface area contributed by atoms with E-state index in [0.717, 1.165) is 28.8 Å². The Morgan fingerprint density at radius 1 is 1.02 bits per heavy atom. The summed E-state index contributed by atoms with van der Waals surface area (Å²) >= 11 is 1.11. The lowest BCUT2D eigenvalue weighted by atomic mass is 10.1. The van der Waals surface area contributed by atoms with Crippen molar-refractivity contribution < 1.29 is 31.8 Å². The number of hydrogen-bond donors (Lipinski definition) is 1. The Kier molecular flexibility index (Phi) is 7.29. The van der Waals surface area contributed by atoms with Crippen molar-refractivity contribution in [3.63, 3.8) is 0 Å². The fourth-order valence-electron chi connectivity index (χ4n) is 3.83. The Hall–Kier alpha value is -4.30. The van der Waals surface area contributed by atoms with Crippen LogP contribution in [0.15, 0.2) is 83.3 Å². The van der Waals surface area contributed by atoms with Gasteiger partial charge in [-0.15, -0.1) is 23.4 Å². The number of ether oxygens (including phenoxy) is 1.